The summed E-state index contributed by atoms with van der Waals surface area (Å²) in [6, 6.07) is 39.0. The molecule has 1 N–H and O–H groups in total. The first-order valence-electron chi connectivity index (χ1n) is 14.1. The third-order valence-electron chi connectivity index (χ3n) is 7.31. The SMILES string of the molecule is C/C(C(=O)C(C)C)=C(/O)C(C)C.[Ir].[c-]1ccccc1-c1nc2ccccc2c2c1c1ccccc1n2-c1ccccc1. The second kappa shape index (κ2) is 13.3. The zero-order valence-corrected chi connectivity index (χ0v) is 26.9. The summed E-state index contributed by atoms with van der Waals surface area (Å²) in [4.78, 5) is 16.5. The van der Waals surface area contributed by atoms with Crippen molar-refractivity contribution in [3.05, 3.63) is 121 Å². The Hall–Kier alpha value is -4.05. The number of nitrogens with zero attached hydrogens (tertiary/aromatic N) is 2. The largest absolute Gasteiger partial charge is 0.512 e. The van der Waals surface area contributed by atoms with E-state index in [4.69, 9.17) is 4.98 Å². The minimum absolute atomic E-state index is 0. The maximum atomic E-state index is 11.4. The number of aliphatic hydroxyl groups is 1. The first kappa shape index (κ1) is 30.9. The van der Waals surface area contributed by atoms with Crippen molar-refractivity contribution in [2.75, 3.05) is 0 Å². The van der Waals surface area contributed by atoms with E-state index in [0.29, 0.717) is 5.57 Å². The Morgan fingerprint density at radius 2 is 1.40 bits per heavy atom. The fourth-order valence-corrected chi connectivity index (χ4v) is 5.26. The van der Waals surface area contributed by atoms with Gasteiger partial charge in [-0.05, 0) is 42.3 Å². The van der Waals surface area contributed by atoms with E-state index >= 15 is 0 Å². The molecule has 5 heteroatoms. The second-order valence-electron chi connectivity index (χ2n) is 10.8. The molecule has 0 unspecified atom stereocenters. The van der Waals surface area contributed by atoms with E-state index in [-0.39, 0.29) is 43.5 Å². The third-order valence-corrected chi connectivity index (χ3v) is 7.31. The summed E-state index contributed by atoms with van der Waals surface area (Å²) < 4.78 is 2.36. The van der Waals surface area contributed by atoms with E-state index in [0.717, 1.165) is 27.8 Å². The summed E-state index contributed by atoms with van der Waals surface area (Å²) in [5.41, 5.74) is 7.01. The van der Waals surface area contributed by atoms with Crippen molar-refractivity contribution in [1.82, 2.24) is 9.55 Å². The monoisotopic (exact) mass is 732 g/mol. The van der Waals surface area contributed by atoms with Gasteiger partial charge in [-0.2, -0.15) is 0 Å². The van der Waals surface area contributed by atoms with Crippen LogP contribution in [0.5, 0.6) is 0 Å². The molecule has 2 aromatic heterocycles. The van der Waals surface area contributed by atoms with E-state index in [1.54, 1.807) is 6.92 Å². The van der Waals surface area contributed by atoms with Crippen LogP contribution in [0.1, 0.15) is 34.6 Å². The molecule has 0 aliphatic carbocycles. The first-order chi connectivity index (χ1) is 19.8. The summed E-state index contributed by atoms with van der Waals surface area (Å²) in [6.45, 7) is 9.08. The number of aromatic nitrogens is 2. The van der Waals surface area contributed by atoms with Crippen LogP contribution in [0.3, 0.4) is 0 Å². The second-order valence-corrected chi connectivity index (χ2v) is 10.8. The Labute approximate surface area is 261 Å². The number of carbonyl (C=O) groups excluding carboxylic acids is 1. The topological polar surface area (TPSA) is 55.1 Å². The average Bonchev–Trinajstić information content (AvgIpc) is 3.36. The molecule has 0 aliphatic heterocycles. The van der Waals surface area contributed by atoms with Crippen molar-refractivity contribution in [3.8, 4) is 16.9 Å². The van der Waals surface area contributed by atoms with Crippen LogP contribution in [0.15, 0.2) is 114 Å². The number of carbonyl (C=O) groups is 1. The Morgan fingerprint density at radius 3 is 2.05 bits per heavy atom. The van der Waals surface area contributed by atoms with Gasteiger partial charge in [0, 0.05) is 54.0 Å². The van der Waals surface area contributed by atoms with Crippen LogP contribution in [-0.4, -0.2) is 20.4 Å². The van der Waals surface area contributed by atoms with Gasteiger partial charge in [0.15, 0.2) is 5.78 Å². The molecule has 2 heterocycles. The molecule has 0 fully saturated rings. The number of Topliss-reactive ketones (excluding diaryl/α,β-unsaturated/α-hetero) is 1. The van der Waals surface area contributed by atoms with Crippen LogP contribution in [0.25, 0.3) is 49.7 Å². The zero-order chi connectivity index (χ0) is 29.1. The normalized spacial score (nSPS) is 11.8. The van der Waals surface area contributed by atoms with Crippen LogP contribution in [-0.2, 0) is 24.9 Å². The first-order valence-corrected chi connectivity index (χ1v) is 14.1. The van der Waals surface area contributed by atoms with Crippen molar-refractivity contribution < 1.29 is 30.0 Å². The van der Waals surface area contributed by atoms with Gasteiger partial charge >= 0.3 is 0 Å². The smallest absolute Gasteiger partial charge is 0.164 e. The Bertz CT molecular complexity index is 1870. The summed E-state index contributed by atoms with van der Waals surface area (Å²) in [5, 5.41) is 13.0. The number of benzene rings is 4. The van der Waals surface area contributed by atoms with Gasteiger partial charge in [-0.15, -0.1) is 35.9 Å². The van der Waals surface area contributed by atoms with E-state index in [1.807, 2.05) is 45.9 Å². The van der Waals surface area contributed by atoms with Gasteiger partial charge in [0.1, 0.15) is 5.76 Å². The quantitative estimate of drug-likeness (QED) is 0.109. The molecular formula is C37H35IrN2O2-. The van der Waals surface area contributed by atoms with Gasteiger partial charge in [0.2, 0.25) is 0 Å². The van der Waals surface area contributed by atoms with Crippen LogP contribution in [0, 0.1) is 17.9 Å². The summed E-state index contributed by atoms with van der Waals surface area (Å²) >= 11 is 0. The number of allylic oxidation sites excluding steroid dienone is 2. The Balaban J connectivity index is 0.000000268. The number of rotatable bonds is 5. The fourth-order valence-electron chi connectivity index (χ4n) is 5.26. The molecule has 4 nitrogen and oxygen atoms in total. The van der Waals surface area contributed by atoms with Crippen LogP contribution >= 0.6 is 0 Å². The molecule has 0 saturated carbocycles. The van der Waals surface area contributed by atoms with Crippen LogP contribution < -0.4 is 0 Å². The van der Waals surface area contributed by atoms with Crippen molar-refractivity contribution in [3.63, 3.8) is 0 Å². The number of hydrogen-bond acceptors (Lipinski definition) is 3. The zero-order valence-electron chi connectivity index (χ0n) is 24.6. The molecule has 4 aromatic carbocycles. The van der Waals surface area contributed by atoms with Crippen molar-refractivity contribution in [2.45, 2.75) is 34.6 Å². The molecule has 1 radical (unpaired) electrons. The predicted octanol–water partition coefficient (Wildman–Crippen LogP) is 9.50. The number of pyridine rings is 1. The van der Waals surface area contributed by atoms with Gasteiger partial charge in [-0.1, -0.05) is 82.3 Å². The van der Waals surface area contributed by atoms with E-state index in [9.17, 15) is 9.90 Å². The minimum atomic E-state index is -0.0362. The third kappa shape index (κ3) is 5.94. The number of hydrogen-bond donors (Lipinski definition) is 1. The van der Waals surface area contributed by atoms with Crippen LogP contribution in [0.4, 0.5) is 0 Å². The molecule has 6 rings (SSSR count). The van der Waals surface area contributed by atoms with Gasteiger partial charge in [-0.25, -0.2) is 0 Å². The summed E-state index contributed by atoms with van der Waals surface area (Å²) in [5.74, 6) is 0.244. The fraction of sp³-hybridized carbons (Fsp3) is 0.189. The van der Waals surface area contributed by atoms with E-state index in [2.05, 4.69) is 95.6 Å². The predicted molar refractivity (Wildman–Crippen MR) is 170 cm³/mol. The molecule has 0 spiro atoms. The maximum Gasteiger partial charge on any atom is 0.164 e. The average molecular weight is 732 g/mol. The van der Waals surface area contributed by atoms with E-state index in [1.165, 1.54) is 21.8 Å². The van der Waals surface area contributed by atoms with Gasteiger partial charge < -0.3 is 9.67 Å². The minimum Gasteiger partial charge on any atom is -0.512 e. The molecule has 42 heavy (non-hydrogen) atoms. The van der Waals surface area contributed by atoms with Crippen molar-refractivity contribution in [1.29, 1.82) is 0 Å². The summed E-state index contributed by atoms with van der Waals surface area (Å²) in [6.07, 6.45) is 0. The molecule has 0 saturated heterocycles. The maximum absolute atomic E-state index is 11.4. The molecule has 215 valence electrons. The number of para-hydroxylation sites is 3. The summed E-state index contributed by atoms with van der Waals surface area (Å²) in [7, 11) is 0. The number of aliphatic hydroxyl groups excluding tert-OH is 1. The van der Waals surface area contributed by atoms with Gasteiger partial charge in [-0.3, -0.25) is 9.78 Å². The molecule has 0 atom stereocenters. The molecular weight excluding hydrogens is 697 g/mol. The molecule has 0 amide bonds. The van der Waals surface area contributed by atoms with Gasteiger partial charge in [0.25, 0.3) is 0 Å². The Morgan fingerprint density at radius 1 is 0.786 bits per heavy atom. The number of fused-ring (bicyclic) bond motifs is 5. The Kier molecular flexibility index (Phi) is 9.77. The molecule has 0 aliphatic rings. The number of ketones is 1. The molecule has 0 bridgehead atoms. The van der Waals surface area contributed by atoms with E-state index < -0.39 is 0 Å². The van der Waals surface area contributed by atoms with Crippen LogP contribution in [0.2, 0.25) is 0 Å². The van der Waals surface area contributed by atoms with Crippen molar-refractivity contribution >= 4 is 38.5 Å². The molecule has 6 aromatic rings. The standard InChI is InChI=1S/C27H17N2.C10H18O2.Ir/c1-3-11-19(12-4-1)26-25-22-16-8-10-18-24(22)29(20-13-5-2-6-14-20)27(25)21-15-7-9-17-23(21)28-26;1-6(2)9(11)8(5)10(12)7(3)4;/h1-11,13-18H;6-7,11H,1-5H3;/q-1;;/b;9-8-;. The van der Waals surface area contributed by atoms with Gasteiger partial charge in [0.05, 0.1) is 16.6 Å². The van der Waals surface area contributed by atoms with Crippen molar-refractivity contribution in [2.24, 2.45) is 11.8 Å².